The van der Waals surface area contributed by atoms with Crippen molar-refractivity contribution in [3.63, 3.8) is 0 Å². The maximum atomic E-state index is 6.25. The number of nitrogens with zero attached hydrogens (tertiary/aromatic N) is 4. The minimum absolute atomic E-state index is 0.342. The standard InChI is InChI=1S/C32H42N4O2/c1-31(2,35-33-25-11-7-5-8-12-25)37-27-17-19-29-23(21-27)15-16-24-22-28(18-20-30(24)29)38-32(3,4)36-34-26-13-9-6-10-14-26/h15-22,25-26H,5-14H2,1-4H3. The summed E-state index contributed by atoms with van der Waals surface area (Å²) in [5.74, 6) is 1.60. The molecule has 0 radical (unpaired) electrons. The molecule has 2 aliphatic rings. The minimum Gasteiger partial charge on any atom is -0.465 e. The molecule has 0 N–H and O–H groups in total. The third kappa shape index (κ3) is 6.89. The van der Waals surface area contributed by atoms with Crippen molar-refractivity contribution in [3.8, 4) is 11.5 Å². The number of hydrogen-bond donors (Lipinski definition) is 0. The molecule has 5 rings (SSSR count). The SMILES string of the molecule is CC(C)(N=NC1CCCCC1)Oc1ccc2c(ccc3cc(OC(C)(C)N=NC4CCCCC4)ccc32)c1. The first-order valence-corrected chi connectivity index (χ1v) is 14.4. The number of azo groups is 2. The fourth-order valence-electron chi connectivity index (χ4n) is 5.61. The van der Waals surface area contributed by atoms with E-state index in [1.165, 1.54) is 49.3 Å². The van der Waals surface area contributed by atoms with Gasteiger partial charge in [-0.1, -0.05) is 62.8 Å². The predicted molar refractivity (Wildman–Crippen MR) is 154 cm³/mol. The molecule has 0 aromatic heterocycles. The largest absolute Gasteiger partial charge is 0.465 e. The Morgan fingerprint density at radius 3 is 1.34 bits per heavy atom. The molecule has 6 heteroatoms. The molecule has 0 spiro atoms. The quantitative estimate of drug-likeness (QED) is 0.222. The van der Waals surface area contributed by atoms with Crippen LogP contribution in [-0.4, -0.2) is 23.5 Å². The topological polar surface area (TPSA) is 67.9 Å². The smallest absolute Gasteiger partial charge is 0.213 e. The van der Waals surface area contributed by atoms with Crippen LogP contribution in [0.15, 0.2) is 69.0 Å². The Kier molecular flexibility index (Phi) is 7.96. The van der Waals surface area contributed by atoms with Gasteiger partial charge in [0, 0.05) is 0 Å². The summed E-state index contributed by atoms with van der Waals surface area (Å²) in [6.45, 7) is 7.90. The summed E-state index contributed by atoms with van der Waals surface area (Å²) in [5, 5.41) is 22.9. The highest BCUT2D eigenvalue weighted by Gasteiger charge is 2.22. The fraction of sp³-hybridized carbons (Fsp3) is 0.562. The van der Waals surface area contributed by atoms with E-state index in [4.69, 9.17) is 9.47 Å². The van der Waals surface area contributed by atoms with E-state index in [1.807, 2.05) is 39.8 Å². The number of fused-ring (bicyclic) bond motifs is 3. The highest BCUT2D eigenvalue weighted by atomic mass is 16.5. The van der Waals surface area contributed by atoms with Gasteiger partial charge in [-0.15, -0.1) is 10.2 Å². The first-order valence-electron chi connectivity index (χ1n) is 14.4. The molecule has 3 aromatic carbocycles. The lowest BCUT2D eigenvalue weighted by atomic mass is 9.96. The molecule has 0 unspecified atom stereocenters. The molecule has 38 heavy (non-hydrogen) atoms. The molecule has 0 saturated heterocycles. The summed E-state index contributed by atoms with van der Waals surface area (Å²) in [7, 11) is 0. The van der Waals surface area contributed by atoms with Crippen LogP contribution in [0.1, 0.15) is 91.9 Å². The first kappa shape index (κ1) is 26.6. The Balaban J connectivity index is 1.29. The molecule has 3 aromatic rings. The van der Waals surface area contributed by atoms with Gasteiger partial charge in [-0.2, -0.15) is 10.2 Å². The van der Waals surface area contributed by atoms with Crippen LogP contribution < -0.4 is 9.47 Å². The second kappa shape index (κ2) is 11.4. The van der Waals surface area contributed by atoms with Gasteiger partial charge in [0.15, 0.2) is 0 Å². The summed E-state index contributed by atoms with van der Waals surface area (Å²) in [4.78, 5) is 0. The van der Waals surface area contributed by atoms with E-state index in [0.717, 1.165) is 48.0 Å². The highest BCUT2D eigenvalue weighted by Crippen LogP contribution is 2.33. The number of benzene rings is 3. The molecule has 2 fully saturated rings. The van der Waals surface area contributed by atoms with E-state index in [0.29, 0.717) is 12.1 Å². The van der Waals surface area contributed by atoms with Crippen LogP contribution >= 0.6 is 0 Å². The zero-order valence-electron chi connectivity index (χ0n) is 23.4. The summed E-state index contributed by atoms with van der Waals surface area (Å²) >= 11 is 0. The average Bonchev–Trinajstić information content (AvgIpc) is 2.91. The predicted octanol–water partition coefficient (Wildman–Crippen LogP) is 9.79. The van der Waals surface area contributed by atoms with Crippen LogP contribution in [0.5, 0.6) is 11.5 Å². The average molecular weight is 515 g/mol. The zero-order valence-corrected chi connectivity index (χ0v) is 23.4. The zero-order chi connectivity index (χ0) is 26.6. The van der Waals surface area contributed by atoms with Gasteiger partial charge in [0.1, 0.15) is 11.5 Å². The van der Waals surface area contributed by atoms with Crippen LogP contribution in [0.2, 0.25) is 0 Å². The Hall–Kier alpha value is -3.02. The lowest BCUT2D eigenvalue weighted by Gasteiger charge is -2.23. The van der Waals surface area contributed by atoms with Gasteiger partial charge in [0.25, 0.3) is 0 Å². The van der Waals surface area contributed by atoms with Crippen molar-refractivity contribution in [2.45, 2.75) is 115 Å². The van der Waals surface area contributed by atoms with E-state index in [9.17, 15) is 0 Å². The molecule has 0 heterocycles. The van der Waals surface area contributed by atoms with Gasteiger partial charge in [-0.25, -0.2) is 0 Å². The third-order valence-corrected chi connectivity index (χ3v) is 7.59. The van der Waals surface area contributed by atoms with E-state index in [-0.39, 0.29) is 0 Å². The maximum Gasteiger partial charge on any atom is 0.213 e. The lowest BCUT2D eigenvalue weighted by Crippen LogP contribution is -2.25. The Morgan fingerprint density at radius 1 is 0.553 bits per heavy atom. The van der Waals surface area contributed by atoms with Crippen molar-refractivity contribution in [1.82, 2.24) is 0 Å². The minimum atomic E-state index is -0.699. The van der Waals surface area contributed by atoms with Gasteiger partial charge >= 0.3 is 0 Å². The van der Waals surface area contributed by atoms with Crippen molar-refractivity contribution in [2.75, 3.05) is 0 Å². The lowest BCUT2D eigenvalue weighted by molar-refractivity contribution is 0.108. The molecular weight excluding hydrogens is 472 g/mol. The third-order valence-electron chi connectivity index (χ3n) is 7.59. The number of rotatable bonds is 8. The summed E-state index contributed by atoms with van der Waals surface area (Å²) in [6, 6.07) is 17.4. The van der Waals surface area contributed by atoms with Crippen molar-refractivity contribution < 1.29 is 9.47 Å². The van der Waals surface area contributed by atoms with Gasteiger partial charge in [0.05, 0.1) is 12.1 Å². The van der Waals surface area contributed by atoms with Gasteiger partial charge in [0.2, 0.25) is 11.4 Å². The van der Waals surface area contributed by atoms with Gasteiger partial charge < -0.3 is 9.47 Å². The van der Waals surface area contributed by atoms with Crippen LogP contribution in [0, 0.1) is 0 Å². The highest BCUT2D eigenvalue weighted by molar-refractivity contribution is 6.08. The van der Waals surface area contributed by atoms with Crippen molar-refractivity contribution in [2.24, 2.45) is 20.5 Å². The van der Waals surface area contributed by atoms with E-state index >= 15 is 0 Å². The second-order valence-corrected chi connectivity index (χ2v) is 11.9. The second-order valence-electron chi connectivity index (χ2n) is 11.9. The summed E-state index contributed by atoms with van der Waals surface area (Å²) in [5.41, 5.74) is -1.40. The Bertz CT molecular complexity index is 1200. The van der Waals surface area contributed by atoms with Crippen LogP contribution in [0.4, 0.5) is 0 Å². The van der Waals surface area contributed by atoms with E-state index in [2.05, 4.69) is 56.9 Å². The monoisotopic (exact) mass is 514 g/mol. The maximum absolute atomic E-state index is 6.25. The summed E-state index contributed by atoms with van der Waals surface area (Å²) < 4.78 is 12.5. The summed E-state index contributed by atoms with van der Waals surface area (Å²) in [6.07, 6.45) is 12.2. The molecule has 0 amide bonds. The van der Waals surface area contributed by atoms with Crippen LogP contribution in [0.25, 0.3) is 21.5 Å². The first-order chi connectivity index (χ1) is 18.3. The molecule has 0 aliphatic heterocycles. The number of ether oxygens (including phenoxy) is 2. The van der Waals surface area contributed by atoms with Gasteiger partial charge in [-0.3, -0.25) is 0 Å². The van der Waals surface area contributed by atoms with Crippen LogP contribution in [0.3, 0.4) is 0 Å². The van der Waals surface area contributed by atoms with Gasteiger partial charge in [-0.05, 0) is 99.2 Å². The van der Waals surface area contributed by atoms with Crippen LogP contribution in [-0.2, 0) is 0 Å². The molecule has 2 aliphatic carbocycles. The molecular formula is C32H42N4O2. The molecule has 2 saturated carbocycles. The fourth-order valence-corrected chi connectivity index (χ4v) is 5.61. The molecule has 0 atom stereocenters. The van der Waals surface area contributed by atoms with Crippen molar-refractivity contribution >= 4 is 21.5 Å². The molecule has 6 nitrogen and oxygen atoms in total. The Labute approximate surface area is 226 Å². The van der Waals surface area contributed by atoms with E-state index in [1.54, 1.807) is 0 Å². The van der Waals surface area contributed by atoms with Crippen molar-refractivity contribution in [3.05, 3.63) is 48.5 Å². The Morgan fingerprint density at radius 2 is 0.947 bits per heavy atom. The molecule has 202 valence electrons. The molecule has 0 bridgehead atoms. The number of hydrogen-bond acceptors (Lipinski definition) is 6. The van der Waals surface area contributed by atoms with E-state index < -0.39 is 11.4 Å². The normalized spacial score (nSPS) is 18.6. The van der Waals surface area contributed by atoms with Crippen molar-refractivity contribution in [1.29, 1.82) is 0 Å².